The maximum Gasteiger partial charge on any atom is 0.278 e. The number of hydrogen-bond acceptors (Lipinski definition) is 5. The van der Waals surface area contributed by atoms with Gasteiger partial charge in [-0.2, -0.15) is 5.10 Å². The molecule has 1 amide bonds. The number of nitrogens with one attached hydrogen (secondary N) is 1. The van der Waals surface area contributed by atoms with E-state index in [1.54, 1.807) is 24.3 Å². The first kappa shape index (κ1) is 18.2. The lowest BCUT2D eigenvalue weighted by Crippen LogP contribution is -2.25. The lowest BCUT2D eigenvalue weighted by atomic mass is 10.0. The minimum absolute atomic E-state index is 0.189. The fourth-order valence-electron chi connectivity index (χ4n) is 3.53. The quantitative estimate of drug-likeness (QED) is 0.475. The Morgan fingerprint density at radius 1 is 0.933 bits per heavy atom. The first-order chi connectivity index (χ1) is 14.6. The van der Waals surface area contributed by atoms with E-state index in [1.807, 2.05) is 29.6 Å². The minimum atomic E-state index is -0.402. The normalized spacial score (nSPS) is 11.1. The summed E-state index contributed by atoms with van der Waals surface area (Å²) < 4.78 is 1.18. The van der Waals surface area contributed by atoms with Gasteiger partial charge in [-0.3, -0.25) is 14.9 Å². The van der Waals surface area contributed by atoms with Gasteiger partial charge in [0.15, 0.2) is 10.8 Å². The zero-order valence-electron chi connectivity index (χ0n) is 16.0. The molecule has 3 aromatic carbocycles. The molecule has 1 N–H and O–H groups in total. The summed E-state index contributed by atoms with van der Waals surface area (Å²) in [4.78, 5) is 29.8. The molecule has 6 nitrogen and oxygen atoms in total. The Labute approximate surface area is 175 Å². The Morgan fingerprint density at radius 3 is 2.47 bits per heavy atom. The molecule has 7 heteroatoms. The maximum absolute atomic E-state index is 12.9. The fraction of sp³-hybridized carbons (Fsp3) is 0.0435. The molecule has 2 aromatic heterocycles. The molecule has 5 aromatic rings. The third-order valence-electron chi connectivity index (χ3n) is 4.96. The summed E-state index contributed by atoms with van der Waals surface area (Å²) in [5, 5.41) is 12.6. The summed E-state index contributed by atoms with van der Waals surface area (Å²) >= 11 is 1.35. The van der Waals surface area contributed by atoms with E-state index >= 15 is 0 Å². The minimum Gasteiger partial charge on any atom is -0.296 e. The Balaban J connectivity index is 1.51. The van der Waals surface area contributed by atoms with Gasteiger partial charge in [-0.25, -0.2) is 9.67 Å². The maximum atomic E-state index is 12.9. The number of carbonyl (C=O) groups is 1. The number of amides is 1. The van der Waals surface area contributed by atoms with Crippen molar-refractivity contribution in [1.29, 1.82) is 0 Å². The van der Waals surface area contributed by atoms with E-state index in [1.165, 1.54) is 23.1 Å². The molecular formula is C23H16N4O2S. The van der Waals surface area contributed by atoms with Gasteiger partial charge in [-0.05, 0) is 16.8 Å². The Hall–Kier alpha value is -3.84. The SMILES string of the molecule is Cn1nc(C(=O)Nc2nc(-c3cccc4ccccc34)cs2)c2ccccc2c1=O. The van der Waals surface area contributed by atoms with Crippen LogP contribution in [0.1, 0.15) is 10.5 Å². The highest BCUT2D eigenvalue weighted by molar-refractivity contribution is 7.14. The lowest BCUT2D eigenvalue weighted by molar-refractivity contribution is 0.102. The number of thiazole rings is 1. The first-order valence-electron chi connectivity index (χ1n) is 9.33. The van der Waals surface area contributed by atoms with Crippen LogP contribution >= 0.6 is 11.3 Å². The van der Waals surface area contributed by atoms with Crippen molar-refractivity contribution < 1.29 is 4.79 Å². The summed E-state index contributed by atoms with van der Waals surface area (Å²) in [6.45, 7) is 0. The van der Waals surface area contributed by atoms with Gasteiger partial charge < -0.3 is 0 Å². The van der Waals surface area contributed by atoms with Gasteiger partial charge in [0.1, 0.15) is 0 Å². The molecule has 0 radical (unpaired) electrons. The van der Waals surface area contributed by atoms with Crippen molar-refractivity contribution >= 4 is 43.9 Å². The van der Waals surface area contributed by atoms with Crippen LogP contribution in [0, 0.1) is 0 Å². The van der Waals surface area contributed by atoms with E-state index in [-0.39, 0.29) is 11.3 Å². The molecule has 0 saturated heterocycles. The zero-order chi connectivity index (χ0) is 20.7. The van der Waals surface area contributed by atoms with Crippen molar-refractivity contribution in [1.82, 2.24) is 14.8 Å². The molecule has 0 saturated carbocycles. The van der Waals surface area contributed by atoms with Crippen LogP contribution in [0.5, 0.6) is 0 Å². The topological polar surface area (TPSA) is 76.9 Å². The average Bonchev–Trinajstić information content (AvgIpc) is 3.24. The highest BCUT2D eigenvalue weighted by atomic mass is 32.1. The van der Waals surface area contributed by atoms with Crippen LogP contribution < -0.4 is 10.9 Å². The summed E-state index contributed by atoms with van der Waals surface area (Å²) in [5.41, 5.74) is 1.75. The average molecular weight is 412 g/mol. The second kappa shape index (κ2) is 7.20. The molecule has 0 unspecified atom stereocenters. The van der Waals surface area contributed by atoms with E-state index in [0.717, 1.165) is 22.0 Å². The van der Waals surface area contributed by atoms with E-state index in [2.05, 4.69) is 33.6 Å². The second-order valence-electron chi connectivity index (χ2n) is 6.84. The fourth-order valence-corrected chi connectivity index (χ4v) is 4.23. The number of anilines is 1. The van der Waals surface area contributed by atoms with Gasteiger partial charge in [0.2, 0.25) is 0 Å². The van der Waals surface area contributed by atoms with Crippen LogP contribution in [-0.4, -0.2) is 20.7 Å². The Kier molecular flexibility index (Phi) is 4.37. The highest BCUT2D eigenvalue weighted by Crippen LogP contribution is 2.31. The van der Waals surface area contributed by atoms with Crippen LogP contribution in [0.25, 0.3) is 32.8 Å². The third-order valence-corrected chi connectivity index (χ3v) is 5.72. The van der Waals surface area contributed by atoms with Gasteiger partial charge in [0.05, 0.1) is 11.1 Å². The van der Waals surface area contributed by atoms with Crippen molar-refractivity contribution in [3.05, 3.63) is 88.2 Å². The standard InChI is InChI=1S/C23H16N4O2S/c1-27-22(29)18-11-5-4-10-17(18)20(26-27)21(28)25-23-24-19(13-30-23)16-12-6-8-14-7-2-3-9-15(14)16/h2-13H,1H3,(H,24,25,28). The lowest BCUT2D eigenvalue weighted by Gasteiger charge is -2.07. The van der Waals surface area contributed by atoms with E-state index < -0.39 is 5.91 Å². The van der Waals surface area contributed by atoms with Crippen molar-refractivity contribution in [3.8, 4) is 11.3 Å². The Bertz CT molecular complexity index is 1480. The van der Waals surface area contributed by atoms with Crippen molar-refractivity contribution in [2.75, 3.05) is 5.32 Å². The molecular weight excluding hydrogens is 396 g/mol. The smallest absolute Gasteiger partial charge is 0.278 e. The number of benzene rings is 3. The molecule has 146 valence electrons. The van der Waals surface area contributed by atoms with Crippen LogP contribution in [0.15, 0.2) is 76.9 Å². The van der Waals surface area contributed by atoms with Crippen LogP contribution in [0.4, 0.5) is 5.13 Å². The van der Waals surface area contributed by atoms with Crippen molar-refractivity contribution in [3.63, 3.8) is 0 Å². The molecule has 0 spiro atoms. The molecule has 0 atom stereocenters. The summed E-state index contributed by atoms with van der Waals surface area (Å²) in [6.07, 6.45) is 0. The predicted octanol–water partition coefficient (Wildman–Crippen LogP) is 4.46. The molecule has 0 aliphatic rings. The molecule has 0 aliphatic carbocycles. The van der Waals surface area contributed by atoms with Gasteiger partial charge in [0, 0.05) is 23.4 Å². The number of rotatable bonds is 3. The van der Waals surface area contributed by atoms with E-state index in [0.29, 0.717) is 15.9 Å². The summed E-state index contributed by atoms with van der Waals surface area (Å²) in [6, 6.07) is 21.2. The predicted molar refractivity (Wildman–Crippen MR) is 120 cm³/mol. The van der Waals surface area contributed by atoms with Gasteiger partial charge in [-0.1, -0.05) is 60.7 Å². The molecule has 30 heavy (non-hydrogen) atoms. The number of carbonyl (C=O) groups excluding carboxylic acids is 1. The first-order valence-corrected chi connectivity index (χ1v) is 10.2. The molecule has 5 rings (SSSR count). The van der Waals surface area contributed by atoms with Gasteiger partial charge in [-0.15, -0.1) is 11.3 Å². The van der Waals surface area contributed by atoms with Gasteiger partial charge >= 0.3 is 0 Å². The largest absolute Gasteiger partial charge is 0.296 e. The van der Waals surface area contributed by atoms with E-state index in [4.69, 9.17) is 0 Å². The molecule has 0 bridgehead atoms. The number of aryl methyl sites for hydroxylation is 1. The number of hydrogen-bond donors (Lipinski definition) is 1. The summed E-state index contributed by atoms with van der Waals surface area (Å²) in [5.74, 6) is -0.402. The Morgan fingerprint density at radius 2 is 1.63 bits per heavy atom. The van der Waals surface area contributed by atoms with Crippen molar-refractivity contribution in [2.45, 2.75) is 0 Å². The zero-order valence-corrected chi connectivity index (χ0v) is 16.8. The van der Waals surface area contributed by atoms with Crippen molar-refractivity contribution in [2.24, 2.45) is 7.05 Å². The molecule has 0 fully saturated rings. The third kappa shape index (κ3) is 3.05. The van der Waals surface area contributed by atoms with Crippen LogP contribution in [0.2, 0.25) is 0 Å². The molecule has 2 heterocycles. The monoisotopic (exact) mass is 412 g/mol. The molecule has 0 aliphatic heterocycles. The highest BCUT2D eigenvalue weighted by Gasteiger charge is 2.17. The van der Waals surface area contributed by atoms with Crippen LogP contribution in [-0.2, 0) is 7.05 Å². The number of nitrogens with zero attached hydrogens (tertiary/aromatic N) is 3. The summed E-state index contributed by atoms with van der Waals surface area (Å²) in [7, 11) is 1.54. The number of fused-ring (bicyclic) bond motifs is 2. The van der Waals surface area contributed by atoms with Crippen LogP contribution in [0.3, 0.4) is 0 Å². The second-order valence-corrected chi connectivity index (χ2v) is 7.70. The van der Waals surface area contributed by atoms with E-state index in [9.17, 15) is 9.59 Å². The number of aromatic nitrogens is 3. The van der Waals surface area contributed by atoms with Gasteiger partial charge in [0.25, 0.3) is 11.5 Å².